The molecule has 5 aromatic carbocycles. The van der Waals surface area contributed by atoms with Crippen molar-refractivity contribution in [3.63, 3.8) is 0 Å². The molecule has 0 aliphatic carbocycles. The van der Waals surface area contributed by atoms with Crippen LogP contribution in [0.2, 0.25) is 0 Å². The lowest BCUT2D eigenvalue weighted by molar-refractivity contribution is 0.672. The zero-order valence-corrected chi connectivity index (χ0v) is 26.6. The Bertz CT molecular complexity index is 3110. The minimum Gasteiger partial charge on any atom is -0.455 e. The summed E-state index contributed by atoms with van der Waals surface area (Å²) < 4.78 is 10.9. The third-order valence-corrected chi connectivity index (χ3v) is 10.7. The first-order chi connectivity index (χ1) is 24.3. The third-order valence-electron chi connectivity index (χ3n) is 9.55. The Morgan fingerprint density at radius 3 is 2.37 bits per heavy atom. The zero-order chi connectivity index (χ0) is 32.1. The van der Waals surface area contributed by atoms with Gasteiger partial charge < -0.3 is 4.42 Å². The molecule has 6 aromatic heterocycles. The number of rotatable bonds is 3. The van der Waals surface area contributed by atoms with Crippen LogP contribution in [-0.4, -0.2) is 24.5 Å². The second-order valence-corrected chi connectivity index (χ2v) is 13.4. The SMILES string of the molecule is c1ccc(-c2ccc3c(c2)c2cc4c(ccc5c6ccccc6oc45)cc2n3-c2nc(-c3cccnc3)c3sc4ccccc4c3n2)nc1. The van der Waals surface area contributed by atoms with Crippen LogP contribution in [0.4, 0.5) is 0 Å². The van der Waals surface area contributed by atoms with Gasteiger partial charge >= 0.3 is 0 Å². The highest BCUT2D eigenvalue weighted by Gasteiger charge is 2.22. The predicted octanol–water partition coefficient (Wildman–Crippen LogP) is 11.1. The van der Waals surface area contributed by atoms with Gasteiger partial charge in [-0.1, -0.05) is 54.6 Å². The van der Waals surface area contributed by atoms with Gasteiger partial charge in [0.25, 0.3) is 0 Å². The maximum absolute atomic E-state index is 6.51. The van der Waals surface area contributed by atoms with E-state index in [1.165, 1.54) is 4.70 Å². The van der Waals surface area contributed by atoms with E-state index in [2.05, 4.69) is 99.5 Å². The number of thiophene rings is 1. The maximum Gasteiger partial charge on any atom is 0.235 e. The second-order valence-electron chi connectivity index (χ2n) is 12.3. The van der Waals surface area contributed by atoms with E-state index in [9.17, 15) is 0 Å². The van der Waals surface area contributed by atoms with Crippen LogP contribution in [0.15, 0.2) is 144 Å². The second kappa shape index (κ2) is 10.0. The summed E-state index contributed by atoms with van der Waals surface area (Å²) in [6, 6.07) is 42.2. The number of aromatic nitrogens is 5. The number of furan rings is 1. The summed E-state index contributed by atoms with van der Waals surface area (Å²) in [4.78, 5) is 19.8. The van der Waals surface area contributed by atoms with Crippen LogP contribution >= 0.6 is 11.3 Å². The van der Waals surface area contributed by atoms with Crippen LogP contribution in [0.5, 0.6) is 0 Å². The van der Waals surface area contributed by atoms with Gasteiger partial charge in [-0.25, -0.2) is 9.97 Å². The van der Waals surface area contributed by atoms with Gasteiger partial charge in [-0.05, 0) is 72.1 Å². The highest BCUT2D eigenvalue weighted by Crippen LogP contribution is 2.42. The predicted molar refractivity (Wildman–Crippen MR) is 201 cm³/mol. The van der Waals surface area contributed by atoms with E-state index >= 15 is 0 Å². The number of nitrogens with zero attached hydrogens (tertiary/aromatic N) is 5. The van der Waals surface area contributed by atoms with Gasteiger partial charge in [0, 0.05) is 66.7 Å². The first-order valence-electron chi connectivity index (χ1n) is 16.1. The van der Waals surface area contributed by atoms with E-state index in [-0.39, 0.29) is 0 Å². The van der Waals surface area contributed by atoms with Gasteiger partial charge in [0.2, 0.25) is 5.95 Å². The summed E-state index contributed by atoms with van der Waals surface area (Å²) in [5.41, 5.74) is 8.56. The molecule has 0 fully saturated rings. The highest BCUT2D eigenvalue weighted by molar-refractivity contribution is 7.26. The number of hydrogen-bond acceptors (Lipinski definition) is 6. The van der Waals surface area contributed by atoms with Gasteiger partial charge in [-0.3, -0.25) is 14.5 Å². The lowest BCUT2D eigenvalue weighted by atomic mass is 10.0. The molecule has 228 valence electrons. The molecular formula is C42H23N5OS. The summed E-state index contributed by atoms with van der Waals surface area (Å²) in [5.74, 6) is 0.615. The molecule has 0 bridgehead atoms. The molecule has 6 heterocycles. The van der Waals surface area contributed by atoms with Crippen LogP contribution in [0, 0.1) is 0 Å². The minimum absolute atomic E-state index is 0.615. The molecular weight excluding hydrogens is 623 g/mol. The van der Waals surface area contributed by atoms with Crippen molar-refractivity contribution >= 4 is 86.2 Å². The van der Waals surface area contributed by atoms with E-state index in [1.54, 1.807) is 17.5 Å². The summed E-state index contributed by atoms with van der Waals surface area (Å²) in [5, 5.41) is 7.69. The van der Waals surface area contributed by atoms with Crippen LogP contribution in [-0.2, 0) is 0 Å². The fourth-order valence-electron chi connectivity index (χ4n) is 7.31. The number of para-hydroxylation sites is 1. The Balaban J connectivity index is 1.28. The average Bonchev–Trinajstić information content (AvgIpc) is 3.83. The minimum atomic E-state index is 0.615. The van der Waals surface area contributed by atoms with E-state index < -0.39 is 0 Å². The van der Waals surface area contributed by atoms with Crippen LogP contribution in [0.1, 0.15) is 0 Å². The normalized spacial score (nSPS) is 12.1. The van der Waals surface area contributed by atoms with Gasteiger partial charge in [0.15, 0.2) is 0 Å². The number of pyridine rings is 2. The molecule has 7 heteroatoms. The van der Waals surface area contributed by atoms with Crippen molar-refractivity contribution in [2.24, 2.45) is 0 Å². The van der Waals surface area contributed by atoms with Crippen molar-refractivity contribution < 1.29 is 4.42 Å². The van der Waals surface area contributed by atoms with Crippen LogP contribution in [0.3, 0.4) is 0 Å². The number of benzene rings is 5. The van der Waals surface area contributed by atoms with Crippen molar-refractivity contribution in [3.05, 3.63) is 140 Å². The Labute approximate surface area is 282 Å². The number of hydrogen-bond donors (Lipinski definition) is 0. The monoisotopic (exact) mass is 645 g/mol. The fraction of sp³-hybridized carbons (Fsp3) is 0. The van der Waals surface area contributed by atoms with E-state index in [4.69, 9.17) is 14.4 Å². The molecule has 0 radical (unpaired) electrons. The first-order valence-corrected chi connectivity index (χ1v) is 16.9. The molecule has 0 saturated heterocycles. The lowest BCUT2D eigenvalue weighted by Crippen LogP contribution is -2.03. The van der Waals surface area contributed by atoms with Crippen molar-refractivity contribution in [1.82, 2.24) is 24.5 Å². The van der Waals surface area contributed by atoms with E-state index in [0.717, 1.165) is 92.6 Å². The molecule has 0 atom stereocenters. The Morgan fingerprint density at radius 2 is 1.47 bits per heavy atom. The molecule has 11 aromatic rings. The summed E-state index contributed by atoms with van der Waals surface area (Å²) in [6.45, 7) is 0. The molecule has 0 aliphatic rings. The highest BCUT2D eigenvalue weighted by atomic mass is 32.1. The topological polar surface area (TPSA) is 69.6 Å². The van der Waals surface area contributed by atoms with E-state index in [0.29, 0.717) is 5.95 Å². The van der Waals surface area contributed by atoms with Crippen molar-refractivity contribution in [2.45, 2.75) is 0 Å². The Morgan fingerprint density at radius 1 is 0.592 bits per heavy atom. The molecule has 0 unspecified atom stereocenters. The van der Waals surface area contributed by atoms with Crippen molar-refractivity contribution in [3.8, 4) is 28.5 Å². The fourth-order valence-corrected chi connectivity index (χ4v) is 8.46. The summed E-state index contributed by atoms with van der Waals surface area (Å²) in [7, 11) is 0. The third kappa shape index (κ3) is 3.87. The summed E-state index contributed by atoms with van der Waals surface area (Å²) >= 11 is 1.72. The largest absolute Gasteiger partial charge is 0.455 e. The van der Waals surface area contributed by atoms with Gasteiger partial charge in [-0.2, -0.15) is 0 Å². The van der Waals surface area contributed by atoms with Gasteiger partial charge in [-0.15, -0.1) is 11.3 Å². The molecule has 0 N–H and O–H groups in total. The lowest BCUT2D eigenvalue weighted by Gasteiger charge is -2.10. The Hall–Kier alpha value is -6.44. The Kier molecular flexibility index (Phi) is 5.45. The molecule has 0 saturated carbocycles. The summed E-state index contributed by atoms with van der Waals surface area (Å²) in [6.07, 6.45) is 5.51. The molecule has 6 nitrogen and oxygen atoms in total. The number of fused-ring (bicyclic) bond motifs is 11. The van der Waals surface area contributed by atoms with Gasteiger partial charge in [0.1, 0.15) is 11.2 Å². The van der Waals surface area contributed by atoms with Gasteiger partial charge in [0.05, 0.1) is 32.6 Å². The molecule has 0 aliphatic heterocycles. The van der Waals surface area contributed by atoms with Crippen molar-refractivity contribution in [1.29, 1.82) is 0 Å². The van der Waals surface area contributed by atoms with Crippen molar-refractivity contribution in [2.75, 3.05) is 0 Å². The quantitative estimate of drug-likeness (QED) is 0.191. The maximum atomic E-state index is 6.51. The zero-order valence-electron chi connectivity index (χ0n) is 25.8. The molecule has 11 rings (SSSR count). The smallest absolute Gasteiger partial charge is 0.235 e. The van der Waals surface area contributed by atoms with Crippen LogP contribution in [0.25, 0.3) is 103 Å². The molecule has 49 heavy (non-hydrogen) atoms. The molecule has 0 amide bonds. The standard InChI is InChI=1S/C42H23N5OS/c1-3-12-36-27(9-1)28-16-14-24-21-35-32(22-30(24)40(28)48-36)31-20-25(33-11-5-6-19-44-33)15-17-34(31)47(35)42-45-38(26-8-7-18-43-23-26)41-39(46-42)29-10-2-4-13-37(29)49-41/h1-23H. The van der Waals surface area contributed by atoms with Crippen LogP contribution < -0.4 is 0 Å². The van der Waals surface area contributed by atoms with E-state index in [1.807, 2.05) is 48.8 Å². The average molecular weight is 646 g/mol. The molecule has 0 spiro atoms. The first kappa shape index (κ1) is 26.6.